The van der Waals surface area contributed by atoms with Gasteiger partial charge in [0.25, 0.3) is 0 Å². The number of amides is 1. The van der Waals surface area contributed by atoms with Gasteiger partial charge in [-0.3, -0.25) is 4.79 Å². The number of nitrogens with zero attached hydrogens (tertiary/aromatic N) is 1. The van der Waals surface area contributed by atoms with Crippen LogP contribution in [0.25, 0.3) is 0 Å². The number of anilines is 2. The van der Waals surface area contributed by atoms with Crippen molar-refractivity contribution in [2.75, 3.05) is 30.7 Å². The molecule has 2 rings (SSSR count). The van der Waals surface area contributed by atoms with Crippen LogP contribution in [0.15, 0.2) is 12.1 Å². The molecule has 1 unspecified atom stereocenters. The molecule has 1 aliphatic heterocycles. The van der Waals surface area contributed by atoms with Gasteiger partial charge in [0.05, 0.1) is 22.5 Å². The quantitative estimate of drug-likeness (QED) is 0.742. The Bertz CT molecular complexity index is 487. The van der Waals surface area contributed by atoms with Gasteiger partial charge in [-0.05, 0) is 18.6 Å². The van der Waals surface area contributed by atoms with Gasteiger partial charge in [0.1, 0.15) is 0 Å². The van der Waals surface area contributed by atoms with Gasteiger partial charge in [-0.1, -0.05) is 23.2 Å². The van der Waals surface area contributed by atoms with E-state index in [-0.39, 0.29) is 12.0 Å². The number of benzene rings is 1. The second-order valence-corrected chi connectivity index (χ2v) is 5.74. The van der Waals surface area contributed by atoms with Crippen molar-refractivity contribution in [2.24, 2.45) is 0 Å². The molecule has 1 amide bonds. The highest BCUT2D eigenvalue weighted by Gasteiger charge is 2.20. The van der Waals surface area contributed by atoms with E-state index in [0.717, 1.165) is 13.0 Å². The third kappa shape index (κ3) is 3.99. The molecule has 4 N–H and O–H groups in total. The molecular weight excluding hydrogens is 301 g/mol. The molecule has 0 radical (unpaired) electrons. The molecule has 0 aliphatic carbocycles. The summed E-state index contributed by atoms with van der Waals surface area (Å²) in [6, 6.07) is 3.08. The zero-order valence-corrected chi connectivity index (χ0v) is 12.4. The average molecular weight is 318 g/mol. The number of halogens is 2. The van der Waals surface area contributed by atoms with Crippen LogP contribution in [0.3, 0.4) is 0 Å². The van der Waals surface area contributed by atoms with E-state index in [2.05, 4.69) is 10.2 Å². The summed E-state index contributed by atoms with van der Waals surface area (Å²) in [6.07, 6.45) is 0.808. The van der Waals surface area contributed by atoms with Crippen molar-refractivity contribution in [1.82, 2.24) is 4.90 Å². The van der Waals surface area contributed by atoms with Crippen molar-refractivity contribution >= 4 is 40.5 Å². The molecule has 1 heterocycles. The second-order valence-electron chi connectivity index (χ2n) is 4.89. The van der Waals surface area contributed by atoms with Gasteiger partial charge in [-0.15, -0.1) is 0 Å². The van der Waals surface area contributed by atoms with Crippen LogP contribution in [0.4, 0.5) is 11.4 Å². The Labute approximate surface area is 127 Å². The molecule has 1 atom stereocenters. The van der Waals surface area contributed by atoms with Crippen LogP contribution in [-0.2, 0) is 4.79 Å². The molecule has 20 heavy (non-hydrogen) atoms. The zero-order valence-electron chi connectivity index (χ0n) is 10.9. The SMILES string of the molecule is Nc1cc(Cl)cc(Cl)c1NC(=O)CCN1CCC(O)C1. The van der Waals surface area contributed by atoms with E-state index in [0.29, 0.717) is 40.9 Å². The number of β-amino-alcohol motifs (C(OH)–C–C–N with tert-alkyl or cyclic N) is 1. The number of carbonyl (C=O) groups is 1. The highest BCUT2D eigenvalue weighted by molar-refractivity contribution is 6.37. The number of nitrogens with two attached hydrogens (primary N) is 1. The molecule has 1 aliphatic rings. The van der Waals surface area contributed by atoms with E-state index in [4.69, 9.17) is 28.9 Å². The summed E-state index contributed by atoms with van der Waals surface area (Å²) >= 11 is 11.8. The van der Waals surface area contributed by atoms with Crippen LogP contribution >= 0.6 is 23.2 Å². The Morgan fingerprint density at radius 1 is 1.50 bits per heavy atom. The summed E-state index contributed by atoms with van der Waals surface area (Å²) < 4.78 is 0. The molecule has 1 fully saturated rings. The number of likely N-dealkylation sites (tertiary alicyclic amines) is 1. The maximum Gasteiger partial charge on any atom is 0.225 e. The Balaban J connectivity index is 1.88. The van der Waals surface area contributed by atoms with E-state index >= 15 is 0 Å². The number of rotatable bonds is 4. The minimum atomic E-state index is -0.278. The molecular formula is C13H17Cl2N3O2. The van der Waals surface area contributed by atoms with E-state index in [9.17, 15) is 9.90 Å². The Hall–Kier alpha value is -1.01. The molecule has 1 saturated heterocycles. The fourth-order valence-corrected chi connectivity index (χ4v) is 2.76. The number of carbonyl (C=O) groups excluding carboxylic acids is 1. The van der Waals surface area contributed by atoms with Gasteiger partial charge in [-0.2, -0.15) is 0 Å². The lowest BCUT2D eigenvalue weighted by molar-refractivity contribution is -0.116. The molecule has 0 aromatic heterocycles. The zero-order chi connectivity index (χ0) is 14.7. The van der Waals surface area contributed by atoms with Crippen LogP contribution in [-0.4, -0.2) is 41.7 Å². The van der Waals surface area contributed by atoms with Gasteiger partial charge in [0, 0.05) is 31.1 Å². The van der Waals surface area contributed by atoms with Crippen LogP contribution < -0.4 is 11.1 Å². The molecule has 5 nitrogen and oxygen atoms in total. The molecule has 0 bridgehead atoms. The third-order valence-electron chi connectivity index (χ3n) is 3.25. The van der Waals surface area contributed by atoms with Gasteiger partial charge in [0.15, 0.2) is 0 Å². The fourth-order valence-electron chi connectivity index (χ4n) is 2.20. The Morgan fingerprint density at radius 3 is 2.85 bits per heavy atom. The topological polar surface area (TPSA) is 78.6 Å². The summed E-state index contributed by atoms with van der Waals surface area (Å²) in [6.45, 7) is 2.05. The summed E-state index contributed by atoms with van der Waals surface area (Å²) in [5.41, 5.74) is 6.51. The summed E-state index contributed by atoms with van der Waals surface area (Å²) in [5.74, 6) is -0.165. The number of aliphatic hydroxyl groups excluding tert-OH is 1. The minimum absolute atomic E-state index is 0.165. The molecule has 7 heteroatoms. The average Bonchev–Trinajstić information content (AvgIpc) is 2.77. The lowest BCUT2D eigenvalue weighted by Crippen LogP contribution is -2.27. The third-order valence-corrected chi connectivity index (χ3v) is 3.77. The minimum Gasteiger partial charge on any atom is -0.397 e. The van der Waals surface area contributed by atoms with Gasteiger partial charge in [0.2, 0.25) is 5.91 Å². The lowest BCUT2D eigenvalue weighted by Gasteiger charge is -2.15. The molecule has 1 aromatic carbocycles. The first-order valence-corrected chi connectivity index (χ1v) is 7.16. The predicted molar refractivity (Wildman–Crippen MR) is 81.2 cm³/mol. The summed E-state index contributed by atoms with van der Waals surface area (Å²) in [7, 11) is 0. The van der Waals surface area contributed by atoms with Gasteiger partial charge < -0.3 is 21.1 Å². The van der Waals surface area contributed by atoms with E-state index in [1.54, 1.807) is 6.07 Å². The van der Waals surface area contributed by atoms with Crippen molar-refractivity contribution in [1.29, 1.82) is 0 Å². The van der Waals surface area contributed by atoms with Gasteiger partial charge in [-0.25, -0.2) is 0 Å². The first-order chi connectivity index (χ1) is 9.45. The van der Waals surface area contributed by atoms with E-state index in [1.807, 2.05) is 0 Å². The van der Waals surface area contributed by atoms with E-state index in [1.165, 1.54) is 6.07 Å². The largest absolute Gasteiger partial charge is 0.397 e. The maximum absolute atomic E-state index is 11.9. The number of hydrogen-bond acceptors (Lipinski definition) is 4. The maximum atomic E-state index is 11.9. The monoisotopic (exact) mass is 317 g/mol. The lowest BCUT2D eigenvalue weighted by atomic mass is 10.2. The highest BCUT2D eigenvalue weighted by Crippen LogP contribution is 2.32. The predicted octanol–water partition coefficient (Wildman–Crippen LogP) is 1.97. The Kier molecular flexibility index (Phi) is 5.10. The number of nitrogen functional groups attached to an aromatic ring is 1. The van der Waals surface area contributed by atoms with Crippen molar-refractivity contribution < 1.29 is 9.90 Å². The number of aliphatic hydroxyl groups is 1. The highest BCUT2D eigenvalue weighted by atomic mass is 35.5. The van der Waals surface area contributed by atoms with Crippen molar-refractivity contribution in [3.63, 3.8) is 0 Å². The first-order valence-electron chi connectivity index (χ1n) is 6.40. The first kappa shape index (κ1) is 15.4. The van der Waals surface area contributed by atoms with Crippen molar-refractivity contribution in [3.05, 3.63) is 22.2 Å². The Morgan fingerprint density at radius 2 is 2.25 bits per heavy atom. The summed E-state index contributed by atoms with van der Waals surface area (Å²) in [4.78, 5) is 13.9. The normalized spacial score (nSPS) is 19.2. The smallest absolute Gasteiger partial charge is 0.225 e. The number of nitrogens with one attached hydrogen (secondary N) is 1. The van der Waals surface area contributed by atoms with Gasteiger partial charge >= 0.3 is 0 Å². The van der Waals surface area contributed by atoms with E-state index < -0.39 is 0 Å². The van der Waals surface area contributed by atoms with Crippen molar-refractivity contribution in [2.45, 2.75) is 18.9 Å². The standard InChI is InChI=1S/C13H17Cl2N3O2/c14-8-5-10(15)13(11(16)6-8)17-12(20)2-4-18-3-1-9(19)7-18/h5-6,9,19H,1-4,7,16H2,(H,17,20). The van der Waals surface area contributed by atoms with Crippen molar-refractivity contribution in [3.8, 4) is 0 Å². The van der Waals surface area contributed by atoms with Crippen LogP contribution in [0.1, 0.15) is 12.8 Å². The van der Waals surface area contributed by atoms with Crippen LogP contribution in [0.2, 0.25) is 10.0 Å². The second kappa shape index (κ2) is 6.63. The van der Waals surface area contributed by atoms with Crippen LogP contribution in [0, 0.1) is 0 Å². The molecule has 1 aromatic rings. The van der Waals surface area contributed by atoms with Crippen LogP contribution in [0.5, 0.6) is 0 Å². The number of hydrogen-bond donors (Lipinski definition) is 3. The fraction of sp³-hybridized carbons (Fsp3) is 0.462. The molecule has 110 valence electrons. The molecule has 0 spiro atoms. The molecule has 0 saturated carbocycles. The summed E-state index contributed by atoms with van der Waals surface area (Å²) in [5, 5.41) is 12.9.